The summed E-state index contributed by atoms with van der Waals surface area (Å²) < 4.78 is 0. The lowest BCUT2D eigenvalue weighted by Gasteiger charge is -2.48. The zero-order valence-corrected chi connectivity index (χ0v) is 11.1. The van der Waals surface area contributed by atoms with E-state index in [1.807, 2.05) is 0 Å². The molecular formula is C14H27NO. The molecule has 0 spiro atoms. The van der Waals surface area contributed by atoms with Gasteiger partial charge in [0, 0.05) is 25.6 Å². The molecule has 2 heteroatoms. The minimum Gasteiger partial charge on any atom is -0.390 e. The fourth-order valence-corrected chi connectivity index (χ4v) is 3.45. The van der Waals surface area contributed by atoms with Gasteiger partial charge in [-0.1, -0.05) is 33.6 Å². The minimum absolute atomic E-state index is 0.313. The fraction of sp³-hybridized carbons (Fsp3) is 1.00. The van der Waals surface area contributed by atoms with Gasteiger partial charge in [-0.25, -0.2) is 0 Å². The van der Waals surface area contributed by atoms with Gasteiger partial charge in [0.1, 0.15) is 0 Å². The number of rotatable bonds is 1. The van der Waals surface area contributed by atoms with Gasteiger partial charge in [0.15, 0.2) is 0 Å². The Morgan fingerprint density at radius 3 is 2.69 bits per heavy atom. The summed E-state index contributed by atoms with van der Waals surface area (Å²) in [6, 6.07) is 0. The van der Waals surface area contributed by atoms with Crippen LogP contribution < -0.4 is 0 Å². The molecule has 1 heterocycles. The van der Waals surface area contributed by atoms with Crippen molar-refractivity contribution in [3.05, 3.63) is 0 Å². The molecule has 1 saturated heterocycles. The Labute approximate surface area is 100 Å². The number of nitrogens with zero attached hydrogens (tertiary/aromatic N) is 1. The lowest BCUT2D eigenvalue weighted by atomic mass is 9.71. The van der Waals surface area contributed by atoms with Crippen molar-refractivity contribution in [1.29, 1.82) is 0 Å². The van der Waals surface area contributed by atoms with Gasteiger partial charge in [-0.05, 0) is 24.7 Å². The first kappa shape index (κ1) is 12.4. The van der Waals surface area contributed by atoms with Crippen molar-refractivity contribution in [3.63, 3.8) is 0 Å². The van der Waals surface area contributed by atoms with Crippen molar-refractivity contribution < 1.29 is 5.11 Å². The van der Waals surface area contributed by atoms with E-state index in [9.17, 15) is 5.11 Å². The second-order valence-electron chi connectivity index (χ2n) is 7.09. The van der Waals surface area contributed by atoms with Crippen molar-refractivity contribution >= 4 is 0 Å². The first-order valence-electron chi connectivity index (χ1n) is 6.84. The molecule has 1 aliphatic carbocycles. The third-order valence-electron chi connectivity index (χ3n) is 4.21. The van der Waals surface area contributed by atoms with Gasteiger partial charge in [-0.15, -0.1) is 0 Å². The van der Waals surface area contributed by atoms with Crippen LogP contribution in [-0.2, 0) is 0 Å². The van der Waals surface area contributed by atoms with E-state index < -0.39 is 0 Å². The van der Waals surface area contributed by atoms with Gasteiger partial charge in [0.25, 0.3) is 0 Å². The van der Waals surface area contributed by atoms with E-state index >= 15 is 0 Å². The summed E-state index contributed by atoms with van der Waals surface area (Å²) in [5.41, 5.74) is 0.0662. The Morgan fingerprint density at radius 1 is 1.25 bits per heavy atom. The summed E-state index contributed by atoms with van der Waals surface area (Å²) in [6.45, 7) is 10.3. The second kappa shape index (κ2) is 4.30. The summed E-state index contributed by atoms with van der Waals surface area (Å²) >= 11 is 0. The lowest BCUT2D eigenvalue weighted by molar-refractivity contribution is -0.0990. The third-order valence-corrected chi connectivity index (χ3v) is 4.21. The molecule has 0 bridgehead atoms. The van der Waals surface area contributed by atoms with Gasteiger partial charge >= 0.3 is 0 Å². The topological polar surface area (TPSA) is 23.5 Å². The SMILES string of the molecule is CC(C)(C)CN1CCC2(O)CCCCC2C1. The highest BCUT2D eigenvalue weighted by atomic mass is 16.3. The van der Waals surface area contributed by atoms with E-state index in [1.54, 1.807) is 0 Å². The molecule has 0 aromatic carbocycles. The van der Waals surface area contributed by atoms with Crippen LogP contribution in [-0.4, -0.2) is 35.2 Å². The largest absolute Gasteiger partial charge is 0.390 e. The van der Waals surface area contributed by atoms with Crippen LogP contribution in [0, 0.1) is 11.3 Å². The molecule has 2 unspecified atom stereocenters. The van der Waals surface area contributed by atoms with E-state index in [4.69, 9.17) is 0 Å². The molecule has 0 aromatic heterocycles. The molecule has 16 heavy (non-hydrogen) atoms. The number of hydrogen-bond acceptors (Lipinski definition) is 2. The maximum atomic E-state index is 10.6. The normalized spacial score (nSPS) is 37.1. The summed E-state index contributed by atoms with van der Waals surface area (Å²) in [5, 5.41) is 10.6. The average molecular weight is 225 g/mol. The predicted molar refractivity (Wildman–Crippen MR) is 67.4 cm³/mol. The zero-order valence-electron chi connectivity index (χ0n) is 11.1. The first-order chi connectivity index (χ1) is 7.39. The van der Waals surface area contributed by atoms with Crippen LogP contribution in [0.1, 0.15) is 52.9 Å². The summed E-state index contributed by atoms with van der Waals surface area (Å²) in [7, 11) is 0. The second-order valence-corrected chi connectivity index (χ2v) is 7.09. The number of likely N-dealkylation sites (tertiary alicyclic amines) is 1. The Bertz CT molecular complexity index is 246. The van der Waals surface area contributed by atoms with Crippen molar-refractivity contribution in [3.8, 4) is 0 Å². The highest BCUT2D eigenvalue weighted by Crippen LogP contribution is 2.40. The fourth-order valence-electron chi connectivity index (χ4n) is 3.45. The van der Waals surface area contributed by atoms with Crippen LogP contribution in [0.2, 0.25) is 0 Å². The molecule has 2 atom stereocenters. The third kappa shape index (κ3) is 2.78. The van der Waals surface area contributed by atoms with E-state index in [1.165, 1.54) is 25.8 Å². The Balaban J connectivity index is 1.94. The molecule has 0 radical (unpaired) electrons. The lowest BCUT2D eigenvalue weighted by Crippen LogP contribution is -2.54. The Hall–Kier alpha value is -0.0800. The molecule has 94 valence electrons. The standard InChI is InChI=1S/C14H27NO/c1-13(2,3)11-15-9-8-14(16)7-5-4-6-12(14)10-15/h12,16H,4-11H2,1-3H3. The predicted octanol–water partition coefficient (Wildman–Crippen LogP) is 2.66. The van der Waals surface area contributed by atoms with Crippen LogP contribution >= 0.6 is 0 Å². The van der Waals surface area contributed by atoms with Crippen molar-refractivity contribution in [1.82, 2.24) is 4.90 Å². The molecule has 0 aromatic rings. The first-order valence-corrected chi connectivity index (χ1v) is 6.84. The van der Waals surface area contributed by atoms with Crippen LogP contribution in [0.5, 0.6) is 0 Å². The van der Waals surface area contributed by atoms with Crippen LogP contribution in [0.3, 0.4) is 0 Å². The monoisotopic (exact) mass is 225 g/mol. The maximum Gasteiger partial charge on any atom is 0.0700 e. The van der Waals surface area contributed by atoms with Gasteiger partial charge in [0.05, 0.1) is 5.60 Å². The van der Waals surface area contributed by atoms with E-state index in [0.29, 0.717) is 11.3 Å². The number of aliphatic hydroxyl groups is 1. The molecule has 1 N–H and O–H groups in total. The highest BCUT2D eigenvalue weighted by Gasteiger charge is 2.42. The Morgan fingerprint density at radius 2 is 2.00 bits per heavy atom. The van der Waals surface area contributed by atoms with Crippen molar-refractivity contribution in [2.24, 2.45) is 11.3 Å². The van der Waals surface area contributed by atoms with Crippen molar-refractivity contribution in [2.75, 3.05) is 19.6 Å². The van der Waals surface area contributed by atoms with E-state index in [0.717, 1.165) is 25.9 Å². The maximum absolute atomic E-state index is 10.6. The molecule has 2 rings (SSSR count). The van der Waals surface area contributed by atoms with Gasteiger partial charge in [-0.3, -0.25) is 0 Å². The smallest absolute Gasteiger partial charge is 0.0700 e. The molecular weight excluding hydrogens is 198 g/mol. The van der Waals surface area contributed by atoms with Gasteiger partial charge in [0.2, 0.25) is 0 Å². The summed E-state index contributed by atoms with van der Waals surface area (Å²) in [5.74, 6) is 0.539. The van der Waals surface area contributed by atoms with Crippen LogP contribution in [0.25, 0.3) is 0 Å². The molecule has 2 aliphatic rings. The van der Waals surface area contributed by atoms with E-state index in [-0.39, 0.29) is 5.60 Å². The summed E-state index contributed by atoms with van der Waals surface area (Å²) in [4.78, 5) is 2.56. The zero-order chi connectivity index (χ0) is 11.8. The van der Waals surface area contributed by atoms with Crippen molar-refractivity contribution in [2.45, 2.75) is 58.5 Å². The highest BCUT2D eigenvalue weighted by molar-refractivity contribution is 4.96. The molecule has 1 saturated carbocycles. The molecule has 0 amide bonds. The van der Waals surface area contributed by atoms with Gasteiger partial charge < -0.3 is 10.0 Å². The quantitative estimate of drug-likeness (QED) is 0.741. The van der Waals surface area contributed by atoms with Gasteiger partial charge in [-0.2, -0.15) is 0 Å². The number of hydrogen-bond donors (Lipinski definition) is 1. The number of piperidine rings is 1. The summed E-state index contributed by atoms with van der Waals surface area (Å²) in [6.07, 6.45) is 5.81. The van der Waals surface area contributed by atoms with Crippen LogP contribution in [0.15, 0.2) is 0 Å². The van der Waals surface area contributed by atoms with E-state index in [2.05, 4.69) is 25.7 Å². The molecule has 2 fully saturated rings. The average Bonchev–Trinajstić information content (AvgIpc) is 2.16. The van der Waals surface area contributed by atoms with Crippen LogP contribution in [0.4, 0.5) is 0 Å². The minimum atomic E-state index is -0.313. The molecule has 1 aliphatic heterocycles. The number of fused-ring (bicyclic) bond motifs is 1. The molecule has 2 nitrogen and oxygen atoms in total. The Kier molecular flexibility index (Phi) is 3.33.